The van der Waals surface area contributed by atoms with Gasteiger partial charge in [0.1, 0.15) is 18.3 Å². The zero-order valence-electron chi connectivity index (χ0n) is 40.9. The third-order valence-electron chi connectivity index (χ3n) is 15.9. The van der Waals surface area contributed by atoms with Crippen LogP contribution in [0.25, 0.3) is 0 Å². The van der Waals surface area contributed by atoms with Crippen LogP contribution >= 0.6 is 21.6 Å². The molecule has 14 heteroatoms. The molecule has 6 bridgehead atoms. The fraction of sp³-hybridized carbons (Fsp3) is 0.571. The molecule has 8 unspecified atom stereocenters. The second-order valence-corrected chi connectivity index (χ2v) is 23.8. The maximum absolute atomic E-state index is 13.3. The first kappa shape index (κ1) is 50.2. The Balaban J connectivity index is 1.18. The second kappa shape index (κ2) is 22.0. The van der Waals surface area contributed by atoms with Crippen LogP contribution in [0, 0.1) is 52.8 Å². The number of methoxy groups -OCH3 is 1. The second-order valence-electron chi connectivity index (χ2n) is 21.2. The van der Waals surface area contributed by atoms with Gasteiger partial charge in [-0.15, -0.1) is 0 Å². The molecule has 374 valence electrons. The maximum Gasteiger partial charge on any atom is 0.201 e. The number of aryl methyl sites for hydroxylation is 2. The molecule has 0 saturated heterocycles. The van der Waals surface area contributed by atoms with Crippen molar-refractivity contribution in [1.29, 1.82) is 0 Å². The van der Waals surface area contributed by atoms with Crippen LogP contribution in [0.1, 0.15) is 118 Å². The lowest BCUT2D eigenvalue weighted by Crippen LogP contribution is -2.55. The molecule has 3 aromatic carbocycles. The van der Waals surface area contributed by atoms with Gasteiger partial charge in [0.05, 0.1) is 30.9 Å². The Bertz CT molecular complexity index is 2560. The molecule has 2 spiro atoms. The number of aliphatic imine (C=N–C) groups is 1. The monoisotopic (exact) mass is 990 g/mol. The predicted molar refractivity (Wildman–Crippen MR) is 277 cm³/mol. The molecule has 70 heavy (non-hydrogen) atoms. The number of benzene rings is 3. The predicted octanol–water partition coefficient (Wildman–Crippen LogP) is 7.75. The number of ether oxygens (including phenoxy) is 3. The summed E-state index contributed by atoms with van der Waals surface area (Å²) < 4.78 is 19.5. The largest absolute Gasteiger partial charge is 0.508 e. The van der Waals surface area contributed by atoms with Gasteiger partial charge in [-0.25, -0.2) is 4.99 Å². The van der Waals surface area contributed by atoms with Crippen molar-refractivity contribution in [2.45, 2.75) is 147 Å². The number of phenolic OH excluding ortho intramolecular Hbond substituents is 2. The first-order chi connectivity index (χ1) is 33.8. The maximum atomic E-state index is 13.3. The highest BCUT2D eigenvalue weighted by Crippen LogP contribution is 2.55. The normalized spacial score (nSPS) is 29.1. The van der Waals surface area contributed by atoms with Crippen LogP contribution in [0.3, 0.4) is 0 Å². The van der Waals surface area contributed by atoms with E-state index < -0.39 is 29.9 Å². The lowest BCUT2D eigenvalue weighted by atomic mass is 9.59. The van der Waals surface area contributed by atoms with E-state index in [9.17, 15) is 25.2 Å². The smallest absolute Gasteiger partial charge is 0.201 e. The number of aromatic hydroxyl groups is 2. The molecule has 8 N–H and O–H groups in total. The zero-order chi connectivity index (χ0) is 49.0. The fourth-order valence-corrected chi connectivity index (χ4v) is 15.3. The summed E-state index contributed by atoms with van der Waals surface area (Å²) in [5, 5.41) is 52.6. The summed E-state index contributed by atoms with van der Waals surface area (Å²) in [4.78, 5) is 18.3. The number of rotatable bonds is 4. The van der Waals surface area contributed by atoms with Crippen LogP contribution in [0.4, 0.5) is 0 Å². The van der Waals surface area contributed by atoms with E-state index in [0.717, 1.165) is 72.1 Å². The minimum atomic E-state index is -1.22. The molecule has 0 aromatic heterocycles. The number of hydrogen-bond donors (Lipinski definition) is 7. The average molecular weight is 991 g/mol. The first-order valence-electron chi connectivity index (χ1n) is 25.4. The van der Waals surface area contributed by atoms with E-state index in [1.807, 2.05) is 12.1 Å². The van der Waals surface area contributed by atoms with E-state index in [4.69, 9.17) is 24.9 Å². The third-order valence-corrected chi connectivity index (χ3v) is 18.3. The molecule has 12 nitrogen and oxygen atoms in total. The molecule has 0 amide bonds. The van der Waals surface area contributed by atoms with Gasteiger partial charge in [-0.05, 0) is 116 Å². The van der Waals surface area contributed by atoms with Gasteiger partial charge in [0, 0.05) is 65.7 Å². The molecule has 3 aliphatic carbocycles. The highest BCUT2D eigenvalue weighted by molar-refractivity contribution is 8.76. The standard InChI is InChI=1S/C56H70N4O8S2/c1-34(2)48-31-70-69-30-46-45-27-44-38-15-18-42(63)26-41(62)17-14-37-16-19-49(64)51(66-3)43(37)12-7-10-39(25-38)50(52(44)68-53(45)65)67-33-58-56(22-8-13-47(46)59-54(57)60-48)29-36(23-35-9-6-11-40(61)24-35)28-55(32-56)20-4-5-21-55/h6,9,11,16,19,24-25,34,36,42,45-48,53,58,61,63-65H,4-5,10,14-15,17-18,20-23,26-33H2,1-3H3,(H3,57,59,60). The Morgan fingerprint density at radius 3 is 2.59 bits per heavy atom. The number of ketones is 1. The van der Waals surface area contributed by atoms with Crippen LogP contribution in [-0.4, -0.2) is 87.5 Å². The number of carbonyl (C=O) groups excluding carboxylic acids is 1. The van der Waals surface area contributed by atoms with E-state index in [-0.39, 0.29) is 66.4 Å². The van der Waals surface area contributed by atoms with Crippen LogP contribution in [-0.2, 0) is 36.9 Å². The van der Waals surface area contributed by atoms with E-state index in [1.165, 1.54) is 20.0 Å². The molecule has 3 aromatic rings. The molecule has 10 rings (SSSR count). The Morgan fingerprint density at radius 1 is 0.957 bits per heavy atom. The summed E-state index contributed by atoms with van der Waals surface area (Å²) in [5.41, 5.74) is 11.5. The van der Waals surface area contributed by atoms with Gasteiger partial charge in [0.2, 0.25) is 6.29 Å². The number of carbonyl (C=O) groups is 1. The highest BCUT2D eigenvalue weighted by atomic mass is 33.1. The number of nitrogens with two attached hydrogens (primary N) is 1. The van der Waals surface area contributed by atoms with E-state index in [1.54, 1.807) is 39.8 Å². The fourth-order valence-electron chi connectivity index (χ4n) is 12.4. The van der Waals surface area contributed by atoms with Crippen molar-refractivity contribution in [3.05, 3.63) is 75.8 Å². The van der Waals surface area contributed by atoms with Crippen LogP contribution in [0.2, 0.25) is 0 Å². The van der Waals surface area contributed by atoms with Crippen LogP contribution < -0.4 is 30.6 Å². The van der Waals surface area contributed by atoms with E-state index >= 15 is 0 Å². The van der Waals surface area contributed by atoms with Gasteiger partial charge in [0.25, 0.3) is 0 Å². The molecule has 2 fully saturated rings. The van der Waals surface area contributed by atoms with Crippen molar-refractivity contribution in [1.82, 2.24) is 10.6 Å². The Hall–Kier alpha value is -4.70. The number of nitrogens with one attached hydrogen (secondary N) is 2. The molecule has 8 atom stereocenters. The van der Waals surface area contributed by atoms with Crippen molar-refractivity contribution in [2.24, 2.45) is 39.8 Å². The number of Topliss-reactive ketones (excluding diaryl/α,β-unsaturated/α-hetero) is 1. The summed E-state index contributed by atoms with van der Waals surface area (Å²) in [6.45, 7) is 4.48. The molecular weight excluding hydrogens is 921 g/mol. The minimum absolute atomic E-state index is 0.0112. The number of hydrogen-bond acceptors (Lipinski definition) is 14. The molecule has 2 saturated carbocycles. The minimum Gasteiger partial charge on any atom is -0.508 e. The van der Waals surface area contributed by atoms with Gasteiger partial charge >= 0.3 is 0 Å². The lowest BCUT2D eigenvalue weighted by molar-refractivity contribution is -0.121. The summed E-state index contributed by atoms with van der Waals surface area (Å²) in [6.07, 6.45) is 9.08. The molecule has 0 radical (unpaired) electrons. The SMILES string of the molecule is COc1c(O)ccc2c1C#CCc1cc(c3c4c1OCNC1(CC#CC5NC(N)=NC(C(C)C)CSSCC5C(C3)C(O)O4)CC(Cc3cccc(O)c3)CC3(CCCC3)C1)CCC(O)CC(=O)CC2. The van der Waals surface area contributed by atoms with Gasteiger partial charge in [0.15, 0.2) is 29.0 Å². The van der Waals surface area contributed by atoms with Crippen molar-refractivity contribution < 1.29 is 39.4 Å². The van der Waals surface area contributed by atoms with Gasteiger partial charge in [-0.2, -0.15) is 0 Å². The Kier molecular flexibility index (Phi) is 15.8. The number of guanidine groups is 1. The highest BCUT2D eigenvalue weighted by Gasteiger charge is 2.49. The number of fused-ring (bicyclic) bond motifs is 7. The van der Waals surface area contributed by atoms with E-state index in [2.05, 4.69) is 60.3 Å². The van der Waals surface area contributed by atoms with Crippen molar-refractivity contribution in [3.63, 3.8) is 0 Å². The number of nitrogens with zero attached hydrogens (tertiary/aromatic N) is 1. The summed E-state index contributed by atoms with van der Waals surface area (Å²) >= 11 is 0. The molecule has 7 aliphatic rings. The van der Waals surface area contributed by atoms with E-state index in [0.29, 0.717) is 72.7 Å². The van der Waals surface area contributed by atoms with Gasteiger partial charge < -0.3 is 45.7 Å². The summed E-state index contributed by atoms with van der Waals surface area (Å²) in [6, 6.07) is 12.7. The Labute approximate surface area is 421 Å². The van der Waals surface area contributed by atoms with Crippen molar-refractivity contribution in [3.8, 4) is 52.4 Å². The number of aliphatic hydroxyl groups excluding tert-OH is 2. The quantitative estimate of drug-likeness (QED) is 0.0995. The number of aliphatic hydroxyl groups is 2. The van der Waals surface area contributed by atoms with Crippen molar-refractivity contribution in [2.75, 3.05) is 25.3 Å². The topological polar surface area (TPSA) is 188 Å². The van der Waals surface area contributed by atoms with Crippen LogP contribution in [0.5, 0.6) is 28.7 Å². The molecular formula is C56H70N4O8S2. The zero-order valence-corrected chi connectivity index (χ0v) is 42.5. The van der Waals surface area contributed by atoms with Gasteiger partial charge in [-0.3, -0.25) is 10.1 Å². The van der Waals surface area contributed by atoms with Gasteiger partial charge in [-0.1, -0.05) is 96.2 Å². The first-order valence-corrected chi connectivity index (χ1v) is 27.9. The summed E-state index contributed by atoms with van der Waals surface area (Å²) in [5.74, 6) is 17.3. The number of phenols is 2. The molecule has 4 aliphatic heterocycles. The molecule has 4 heterocycles. The third kappa shape index (κ3) is 11.5. The van der Waals surface area contributed by atoms with Crippen molar-refractivity contribution >= 4 is 33.3 Å². The summed E-state index contributed by atoms with van der Waals surface area (Å²) in [7, 11) is 5.04. The van der Waals surface area contributed by atoms with Crippen LogP contribution in [0.15, 0.2) is 47.5 Å². The lowest BCUT2D eigenvalue weighted by Gasteiger charge is -2.50. The average Bonchev–Trinajstić information content (AvgIpc) is 3.76. The Morgan fingerprint density at radius 2 is 1.79 bits per heavy atom.